The van der Waals surface area contributed by atoms with Crippen LogP contribution >= 0.6 is 0 Å². The van der Waals surface area contributed by atoms with Crippen LogP contribution in [0.5, 0.6) is 0 Å². The van der Waals surface area contributed by atoms with E-state index < -0.39 is 11.6 Å². The first-order chi connectivity index (χ1) is 17.3. The van der Waals surface area contributed by atoms with Crippen molar-refractivity contribution in [2.45, 2.75) is 0 Å². The first-order valence-electron chi connectivity index (χ1n) is 11.4. The van der Waals surface area contributed by atoms with Gasteiger partial charge in [0, 0.05) is 64.0 Å². The van der Waals surface area contributed by atoms with Crippen LogP contribution in [0.4, 0.5) is 32.1 Å². The molecule has 3 aromatic rings. The van der Waals surface area contributed by atoms with Gasteiger partial charge in [0.15, 0.2) is 5.82 Å². The fourth-order valence-corrected chi connectivity index (χ4v) is 3.98. The van der Waals surface area contributed by atoms with E-state index in [2.05, 4.69) is 25.9 Å². The lowest BCUT2D eigenvalue weighted by Gasteiger charge is -2.36. The molecule has 0 saturated carbocycles. The number of nitriles is 1. The molecule has 0 atom stereocenters. The molecule has 4 rings (SSSR count). The van der Waals surface area contributed by atoms with Gasteiger partial charge in [0.1, 0.15) is 23.3 Å². The fourth-order valence-electron chi connectivity index (χ4n) is 3.98. The van der Waals surface area contributed by atoms with Gasteiger partial charge in [-0.15, -0.1) is 0 Å². The number of nitrogens with zero attached hydrogens (tertiary/aromatic N) is 7. The van der Waals surface area contributed by atoms with Crippen molar-refractivity contribution in [1.29, 1.82) is 5.26 Å². The zero-order valence-corrected chi connectivity index (χ0v) is 19.9. The maximum absolute atomic E-state index is 14.1. The highest BCUT2D eigenvalue weighted by molar-refractivity contribution is 5.99. The Morgan fingerprint density at radius 1 is 1.11 bits per heavy atom. The Bertz CT molecular complexity index is 1300. The van der Waals surface area contributed by atoms with Crippen LogP contribution in [-0.2, 0) is 0 Å². The van der Waals surface area contributed by atoms with Gasteiger partial charge in [-0.25, -0.2) is 13.8 Å². The molecular formula is C25H27F2N9. The van der Waals surface area contributed by atoms with Crippen molar-refractivity contribution in [3.8, 4) is 6.07 Å². The van der Waals surface area contributed by atoms with Crippen molar-refractivity contribution < 1.29 is 8.78 Å². The molecule has 1 fully saturated rings. The lowest BCUT2D eigenvalue weighted by molar-refractivity contribution is 0.263. The number of aromatic nitrogens is 2. The Morgan fingerprint density at radius 2 is 1.89 bits per heavy atom. The lowest BCUT2D eigenvalue weighted by Crippen LogP contribution is -2.48. The van der Waals surface area contributed by atoms with Crippen LogP contribution in [0.3, 0.4) is 0 Å². The average molecular weight is 492 g/mol. The van der Waals surface area contributed by atoms with Crippen molar-refractivity contribution in [2.75, 3.05) is 61.8 Å². The van der Waals surface area contributed by atoms with Crippen LogP contribution < -0.4 is 21.3 Å². The maximum Gasteiger partial charge on any atom is 0.224 e. The molecule has 4 N–H and O–H groups in total. The first kappa shape index (κ1) is 24.8. The molecule has 0 aliphatic carbocycles. The summed E-state index contributed by atoms with van der Waals surface area (Å²) in [5.41, 5.74) is 13.6. The number of halogens is 2. The minimum Gasteiger partial charge on any atom is -0.383 e. The smallest absolute Gasteiger partial charge is 0.224 e. The van der Waals surface area contributed by atoms with E-state index in [1.807, 2.05) is 16.8 Å². The van der Waals surface area contributed by atoms with E-state index in [9.17, 15) is 8.78 Å². The Morgan fingerprint density at radius 3 is 2.61 bits per heavy atom. The molecule has 2 heterocycles. The maximum atomic E-state index is 14.1. The summed E-state index contributed by atoms with van der Waals surface area (Å²) in [6, 6.07) is 14.3. The van der Waals surface area contributed by atoms with Gasteiger partial charge in [0.25, 0.3) is 0 Å². The third kappa shape index (κ3) is 6.03. The highest BCUT2D eigenvalue weighted by Crippen LogP contribution is 2.22. The van der Waals surface area contributed by atoms with E-state index in [1.165, 1.54) is 12.1 Å². The molecule has 1 aliphatic rings. The van der Waals surface area contributed by atoms with E-state index in [4.69, 9.17) is 16.7 Å². The second-order valence-electron chi connectivity index (χ2n) is 8.48. The molecule has 1 aliphatic heterocycles. The van der Waals surface area contributed by atoms with Crippen LogP contribution in [0.1, 0.15) is 11.1 Å². The third-order valence-corrected chi connectivity index (χ3v) is 6.00. The summed E-state index contributed by atoms with van der Waals surface area (Å²) >= 11 is 0. The van der Waals surface area contributed by atoms with Gasteiger partial charge in [-0.2, -0.15) is 15.2 Å². The molecule has 9 nitrogen and oxygen atoms in total. The first-order valence-corrected chi connectivity index (χ1v) is 11.4. The highest BCUT2D eigenvalue weighted by Gasteiger charge is 2.20. The van der Waals surface area contributed by atoms with Gasteiger partial charge in [-0.1, -0.05) is 12.1 Å². The standard InChI is InChI=1S/C25H27F2N9/c1-34(7-8-35-9-11-36(12-10-35)21-6-5-19(26)14-20(21)27)23-15-22(32-25(30)33-23)31-24(29)18-4-2-3-17(13-18)16-28/h2-6,13-15H,7-12H2,1H3,(H4,29,30,31,32,33). The predicted octanol–water partition coefficient (Wildman–Crippen LogP) is 2.50. The molecule has 1 saturated heterocycles. The van der Waals surface area contributed by atoms with E-state index in [-0.39, 0.29) is 11.8 Å². The van der Waals surface area contributed by atoms with Gasteiger partial charge >= 0.3 is 0 Å². The third-order valence-electron chi connectivity index (χ3n) is 6.00. The molecule has 11 heteroatoms. The largest absolute Gasteiger partial charge is 0.383 e. The van der Waals surface area contributed by atoms with E-state index in [0.29, 0.717) is 48.1 Å². The van der Waals surface area contributed by atoms with E-state index in [1.54, 1.807) is 30.3 Å². The van der Waals surface area contributed by atoms with Crippen molar-refractivity contribution >= 4 is 29.1 Å². The van der Waals surface area contributed by atoms with Gasteiger partial charge in [-0.3, -0.25) is 4.90 Å². The van der Waals surface area contributed by atoms with Crippen LogP contribution in [0.25, 0.3) is 0 Å². The molecule has 0 bridgehead atoms. The average Bonchev–Trinajstić information content (AvgIpc) is 2.87. The molecule has 0 spiro atoms. The molecule has 0 amide bonds. The minimum atomic E-state index is -0.576. The number of piperazine rings is 1. The number of nitrogens with two attached hydrogens (primary N) is 2. The predicted molar refractivity (Wildman–Crippen MR) is 136 cm³/mol. The van der Waals surface area contributed by atoms with Crippen LogP contribution in [0.2, 0.25) is 0 Å². The molecule has 0 radical (unpaired) electrons. The van der Waals surface area contributed by atoms with Gasteiger partial charge in [0.05, 0.1) is 17.3 Å². The normalized spacial score (nSPS) is 14.5. The summed E-state index contributed by atoms with van der Waals surface area (Å²) in [4.78, 5) is 19.0. The molecule has 0 unspecified atom stereocenters. The number of hydrogen-bond donors (Lipinski definition) is 2. The fraction of sp³-hybridized carbons (Fsp3) is 0.280. The van der Waals surface area contributed by atoms with E-state index >= 15 is 0 Å². The van der Waals surface area contributed by atoms with Crippen molar-refractivity contribution in [1.82, 2.24) is 14.9 Å². The molecule has 2 aromatic carbocycles. The molecule has 186 valence electrons. The van der Waals surface area contributed by atoms with Gasteiger partial charge in [-0.05, 0) is 24.3 Å². The van der Waals surface area contributed by atoms with Crippen molar-refractivity contribution in [2.24, 2.45) is 10.7 Å². The highest BCUT2D eigenvalue weighted by atomic mass is 19.1. The Labute approximate surface area is 208 Å². The monoisotopic (exact) mass is 491 g/mol. The zero-order chi connectivity index (χ0) is 25.7. The number of benzene rings is 2. The number of hydrogen-bond acceptors (Lipinski definition) is 8. The summed E-state index contributed by atoms with van der Waals surface area (Å²) in [7, 11) is 1.90. The lowest BCUT2D eigenvalue weighted by atomic mass is 10.1. The number of rotatable bonds is 7. The zero-order valence-electron chi connectivity index (χ0n) is 19.9. The Balaban J connectivity index is 1.36. The van der Waals surface area contributed by atoms with Crippen LogP contribution in [-0.4, -0.2) is 67.0 Å². The minimum absolute atomic E-state index is 0.0756. The number of nitrogen functional groups attached to an aromatic ring is 1. The number of aliphatic imine (C=N–C) groups is 1. The molecule has 36 heavy (non-hydrogen) atoms. The summed E-state index contributed by atoms with van der Waals surface area (Å²) < 4.78 is 27.3. The number of anilines is 3. The van der Waals surface area contributed by atoms with Crippen molar-refractivity contribution in [3.63, 3.8) is 0 Å². The Kier molecular flexibility index (Phi) is 7.56. The molecular weight excluding hydrogens is 464 g/mol. The number of amidine groups is 1. The SMILES string of the molecule is CN(CCN1CCN(c2ccc(F)cc2F)CC1)c1cc(/N=C(\N)c2cccc(C#N)c2)nc(N)n1. The number of likely N-dealkylation sites (N-methyl/N-ethyl adjacent to an activating group) is 1. The summed E-state index contributed by atoms with van der Waals surface area (Å²) in [6.07, 6.45) is 0. The molecule has 1 aromatic heterocycles. The van der Waals surface area contributed by atoms with Gasteiger partial charge < -0.3 is 21.3 Å². The second kappa shape index (κ2) is 11.0. The van der Waals surface area contributed by atoms with Crippen LogP contribution in [0, 0.1) is 23.0 Å². The van der Waals surface area contributed by atoms with Gasteiger partial charge in [0.2, 0.25) is 5.95 Å². The second-order valence-corrected chi connectivity index (χ2v) is 8.48. The summed E-state index contributed by atoms with van der Waals surface area (Å²) in [5, 5.41) is 9.09. The van der Waals surface area contributed by atoms with Crippen molar-refractivity contribution in [3.05, 3.63) is 71.3 Å². The Hall–Kier alpha value is -4.30. The summed E-state index contributed by atoms with van der Waals surface area (Å²) in [6.45, 7) is 4.25. The van der Waals surface area contributed by atoms with E-state index in [0.717, 1.165) is 25.7 Å². The van der Waals surface area contributed by atoms with Crippen LogP contribution in [0.15, 0.2) is 53.5 Å². The quantitative estimate of drug-likeness (QED) is 0.382. The summed E-state index contributed by atoms with van der Waals surface area (Å²) in [5.74, 6) is 0.0984. The topological polar surface area (TPSA) is 124 Å².